The molecule has 9 heteroatoms. The Bertz CT molecular complexity index is 434. The third-order valence-electron chi connectivity index (χ3n) is 2.58. The number of morpholine rings is 1. The molecule has 1 aliphatic heterocycles. The molecule has 2 heterocycles. The van der Waals surface area contributed by atoms with Crippen molar-refractivity contribution < 1.29 is 17.9 Å². The van der Waals surface area contributed by atoms with E-state index in [4.69, 9.17) is 10.6 Å². The van der Waals surface area contributed by atoms with E-state index in [1.54, 1.807) is 5.01 Å². The fraction of sp³-hybridized carbons (Fsp3) is 0.500. The lowest BCUT2D eigenvalue weighted by atomic mass is 10.2. The van der Waals surface area contributed by atoms with Crippen molar-refractivity contribution in [1.82, 2.24) is 9.99 Å². The maximum Gasteiger partial charge on any atom is 0.416 e. The molecule has 1 aliphatic rings. The summed E-state index contributed by atoms with van der Waals surface area (Å²) in [5, 5.41) is 1.74. The Hall–Kier alpha value is -1.58. The first kappa shape index (κ1) is 13.8. The van der Waals surface area contributed by atoms with E-state index in [-0.39, 0.29) is 11.6 Å². The third-order valence-corrected chi connectivity index (χ3v) is 2.58. The molecular formula is C10H14F3N5O. The molecule has 2 rings (SSSR count). The Morgan fingerprint density at radius 3 is 2.42 bits per heavy atom. The van der Waals surface area contributed by atoms with E-state index < -0.39 is 11.7 Å². The van der Waals surface area contributed by atoms with E-state index in [2.05, 4.69) is 15.8 Å². The van der Waals surface area contributed by atoms with Gasteiger partial charge in [0.2, 0.25) is 0 Å². The van der Waals surface area contributed by atoms with Crippen LogP contribution in [0.25, 0.3) is 0 Å². The van der Waals surface area contributed by atoms with E-state index in [9.17, 15) is 13.2 Å². The lowest BCUT2D eigenvalue weighted by Crippen LogP contribution is -2.40. The zero-order valence-electron chi connectivity index (χ0n) is 10.00. The molecule has 0 spiro atoms. The molecule has 1 fully saturated rings. The monoisotopic (exact) mass is 277 g/mol. The minimum Gasteiger partial charge on any atom is -0.379 e. The SMILES string of the molecule is NNc1cc(C(F)(F)F)cc(NN2CCOCC2)n1. The molecule has 1 saturated heterocycles. The molecule has 0 amide bonds. The molecule has 1 aromatic heterocycles. The van der Waals surface area contributed by atoms with Gasteiger partial charge in [0, 0.05) is 13.1 Å². The van der Waals surface area contributed by atoms with Crippen LogP contribution in [-0.4, -0.2) is 36.3 Å². The first-order chi connectivity index (χ1) is 8.99. The molecule has 0 aromatic carbocycles. The van der Waals surface area contributed by atoms with Crippen LogP contribution in [0, 0.1) is 0 Å². The van der Waals surface area contributed by atoms with Crippen molar-refractivity contribution in [3.63, 3.8) is 0 Å². The van der Waals surface area contributed by atoms with Crippen molar-refractivity contribution in [3.8, 4) is 0 Å². The van der Waals surface area contributed by atoms with Crippen molar-refractivity contribution in [2.24, 2.45) is 5.84 Å². The van der Waals surface area contributed by atoms with Crippen molar-refractivity contribution in [3.05, 3.63) is 17.7 Å². The standard InChI is InChI=1S/C10H14F3N5O/c11-10(12,13)7-5-8(16-14)15-9(6-7)17-18-1-3-19-4-2-18/h5-6H,1-4,14H2,(H2,15,16,17). The zero-order chi connectivity index (χ0) is 13.9. The summed E-state index contributed by atoms with van der Waals surface area (Å²) in [4.78, 5) is 3.93. The fourth-order valence-corrected chi connectivity index (χ4v) is 1.66. The molecule has 0 bridgehead atoms. The highest BCUT2D eigenvalue weighted by Crippen LogP contribution is 2.31. The summed E-state index contributed by atoms with van der Waals surface area (Å²) >= 11 is 0. The number of nitrogens with two attached hydrogens (primary N) is 1. The number of nitrogens with one attached hydrogen (secondary N) is 2. The van der Waals surface area contributed by atoms with Gasteiger partial charge in [-0.2, -0.15) is 13.2 Å². The minimum atomic E-state index is -4.45. The van der Waals surface area contributed by atoms with Gasteiger partial charge in [-0.05, 0) is 12.1 Å². The Labute approximate surface area is 107 Å². The Balaban J connectivity index is 2.19. The van der Waals surface area contributed by atoms with Crippen LogP contribution in [0.4, 0.5) is 24.8 Å². The Kier molecular flexibility index (Phi) is 4.08. The van der Waals surface area contributed by atoms with Crippen molar-refractivity contribution in [2.45, 2.75) is 6.18 Å². The highest BCUT2D eigenvalue weighted by Gasteiger charge is 2.31. The number of anilines is 2. The summed E-state index contributed by atoms with van der Waals surface area (Å²) in [6.07, 6.45) is -4.45. The van der Waals surface area contributed by atoms with Crippen LogP contribution in [0.2, 0.25) is 0 Å². The smallest absolute Gasteiger partial charge is 0.379 e. The van der Waals surface area contributed by atoms with Crippen LogP contribution in [0.15, 0.2) is 12.1 Å². The number of hydrogen-bond acceptors (Lipinski definition) is 6. The van der Waals surface area contributed by atoms with E-state index in [1.165, 1.54) is 0 Å². The molecule has 19 heavy (non-hydrogen) atoms. The topological polar surface area (TPSA) is 75.4 Å². The number of pyridine rings is 1. The quantitative estimate of drug-likeness (QED) is 0.566. The average molecular weight is 277 g/mol. The van der Waals surface area contributed by atoms with Gasteiger partial charge in [-0.15, -0.1) is 0 Å². The molecule has 1 aromatic rings. The molecule has 0 aliphatic carbocycles. The summed E-state index contributed by atoms with van der Waals surface area (Å²) in [7, 11) is 0. The molecule has 0 unspecified atom stereocenters. The molecular weight excluding hydrogens is 263 g/mol. The van der Waals surface area contributed by atoms with Gasteiger partial charge in [0.25, 0.3) is 0 Å². The number of hydrazine groups is 2. The molecule has 0 radical (unpaired) electrons. The summed E-state index contributed by atoms with van der Waals surface area (Å²) in [5.41, 5.74) is 4.12. The second kappa shape index (κ2) is 5.59. The second-order valence-corrected chi connectivity index (χ2v) is 3.98. The highest BCUT2D eigenvalue weighted by molar-refractivity contribution is 5.48. The number of halogens is 3. The number of aromatic nitrogens is 1. The van der Waals surface area contributed by atoms with Gasteiger partial charge in [0.15, 0.2) is 0 Å². The lowest BCUT2D eigenvalue weighted by Gasteiger charge is -2.27. The van der Waals surface area contributed by atoms with Crippen LogP contribution in [0.1, 0.15) is 5.56 Å². The van der Waals surface area contributed by atoms with Gasteiger partial charge in [0.05, 0.1) is 18.8 Å². The van der Waals surface area contributed by atoms with E-state index >= 15 is 0 Å². The normalized spacial score (nSPS) is 17.3. The van der Waals surface area contributed by atoms with Crippen LogP contribution >= 0.6 is 0 Å². The minimum absolute atomic E-state index is 0.0504. The second-order valence-electron chi connectivity index (χ2n) is 3.98. The predicted molar refractivity (Wildman–Crippen MR) is 63.1 cm³/mol. The largest absolute Gasteiger partial charge is 0.416 e. The van der Waals surface area contributed by atoms with Gasteiger partial charge in [-0.1, -0.05) is 0 Å². The van der Waals surface area contributed by atoms with Crippen LogP contribution in [0.5, 0.6) is 0 Å². The first-order valence-corrected chi connectivity index (χ1v) is 5.64. The number of nitrogen functional groups attached to an aromatic ring is 1. The number of ether oxygens (including phenoxy) is 1. The van der Waals surface area contributed by atoms with Crippen LogP contribution in [-0.2, 0) is 10.9 Å². The van der Waals surface area contributed by atoms with Crippen LogP contribution < -0.4 is 16.7 Å². The maximum atomic E-state index is 12.7. The van der Waals surface area contributed by atoms with Crippen molar-refractivity contribution in [2.75, 3.05) is 37.2 Å². The summed E-state index contributed by atoms with van der Waals surface area (Å²) in [6, 6.07) is 1.79. The average Bonchev–Trinajstić information content (AvgIpc) is 2.38. The van der Waals surface area contributed by atoms with Crippen molar-refractivity contribution in [1.29, 1.82) is 0 Å². The van der Waals surface area contributed by atoms with Gasteiger partial charge >= 0.3 is 6.18 Å². The first-order valence-electron chi connectivity index (χ1n) is 5.64. The maximum absolute atomic E-state index is 12.7. The number of rotatable bonds is 3. The van der Waals surface area contributed by atoms with Gasteiger partial charge in [-0.25, -0.2) is 15.8 Å². The van der Waals surface area contributed by atoms with E-state index in [0.717, 1.165) is 12.1 Å². The predicted octanol–water partition coefficient (Wildman–Crippen LogP) is 1.05. The lowest BCUT2D eigenvalue weighted by molar-refractivity contribution is -0.137. The molecule has 106 valence electrons. The van der Waals surface area contributed by atoms with Gasteiger partial charge < -0.3 is 15.6 Å². The molecule has 0 saturated carbocycles. The number of alkyl halides is 3. The molecule has 0 atom stereocenters. The number of hydrogen-bond donors (Lipinski definition) is 3. The zero-order valence-corrected chi connectivity index (χ0v) is 10.00. The summed E-state index contributed by atoms with van der Waals surface area (Å²) in [6.45, 7) is 2.19. The molecule has 4 N–H and O–H groups in total. The number of nitrogens with zero attached hydrogens (tertiary/aromatic N) is 2. The van der Waals surface area contributed by atoms with E-state index in [1.807, 2.05) is 0 Å². The fourth-order valence-electron chi connectivity index (χ4n) is 1.66. The Morgan fingerprint density at radius 1 is 1.21 bits per heavy atom. The van der Waals surface area contributed by atoms with Gasteiger partial charge in [-0.3, -0.25) is 0 Å². The third kappa shape index (κ3) is 3.69. The van der Waals surface area contributed by atoms with E-state index in [0.29, 0.717) is 26.3 Å². The molecule has 6 nitrogen and oxygen atoms in total. The summed E-state index contributed by atoms with van der Waals surface area (Å²) < 4.78 is 43.3. The summed E-state index contributed by atoms with van der Waals surface area (Å²) in [5.74, 6) is 5.16. The van der Waals surface area contributed by atoms with Gasteiger partial charge in [0.1, 0.15) is 11.6 Å². The highest BCUT2D eigenvalue weighted by atomic mass is 19.4. The Morgan fingerprint density at radius 2 is 1.84 bits per heavy atom. The van der Waals surface area contributed by atoms with Crippen LogP contribution in [0.3, 0.4) is 0 Å². The van der Waals surface area contributed by atoms with Crippen molar-refractivity contribution >= 4 is 11.6 Å².